The average molecular weight is 325 g/mol. The molecule has 3 heteroatoms. The van der Waals surface area contributed by atoms with Gasteiger partial charge < -0.3 is 10.8 Å². The van der Waals surface area contributed by atoms with Crippen molar-refractivity contribution in [3.8, 4) is 16.9 Å². The van der Waals surface area contributed by atoms with Crippen molar-refractivity contribution in [3.05, 3.63) is 51.6 Å². The SMILES string of the molecule is NCc1cc(-c2ccccc2)cc(I)c1O. The van der Waals surface area contributed by atoms with E-state index in [-0.39, 0.29) is 0 Å². The number of rotatable bonds is 2. The highest BCUT2D eigenvalue weighted by atomic mass is 127. The molecule has 0 saturated carbocycles. The second-order valence-corrected chi connectivity index (χ2v) is 4.70. The van der Waals surface area contributed by atoms with Crippen molar-refractivity contribution >= 4 is 22.6 Å². The van der Waals surface area contributed by atoms with Gasteiger partial charge in [0.25, 0.3) is 0 Å². The van der Waals surface area contributed by atoms with Crippen LogP contribution in [0.2, 0.25) is 0 Å². The zero-order valence-corrected chi connectivity index (χ0v) is 10.8. The van der Waals surface area contributed by atoms with Gasteiger partial charge in [0, 0.05) is 12.1 Å². The van der Waals surface area contributed by atoms with Crippen LogP contribution < -0.4 is 5.73 Å². The standard InChI is InChI=1S/C13H12INO/c14-12-7-10(6-11(8-15)13(12)16)9-4-2-1-3-5-9/h1-7,16H,8,15H2. The first kappa shape index (κ1) is 11.4. The second kappa shape index (κ2) is 4.84. The fraction of sp³-hybridized carbons (Fsp3) is 0.0769. The first-order chi connectivity index (χ1) is 7.72. The third-order valence-corrected chi connectivity index (χ3v) is 3.29. The zero-order chi connectivity index (χ0) is 11.5. The van der Waals surface area contributed by atoms with Crippen LogP contribution in [0.1, 0.15) is 5.56 Å². The molecule has 0 bridgehead atoms. The Bertz CT molecular complexity index is 497. The average Bonchev–Trinajstić information content (AvgIpc) is 2.33. The highest BCUT2D eigenvalue weighted by molar-refractivity contribution is 14.1. The Labute approximate surface area is 108 Å². The Morgan fingerprint density at radius 3 is 2.38 bits per heavy atom. The van der Waals surface area contributed by atoms with E-state index in [1.807, 2.05) is 42.5 Å². The number of hydrogen-bond donors (Lipinski definition) is 2. The third-order valence-electron chi connectivity index (χ3n) is 2.47. The van der Waals surface area contributed by atoms with Crippen molar-refractivity contribution < 1.29 is 5.11 Å². The molecule has 0 saturated heterocycles. The summed E-state index contributed by atoms with van der Waals surface area (Å²) in [6, 6.07) is 14.0. The topological polar surface area (TPSA) is 46.2 Å². The lowest BCUT2D eigenvalue weighted by molar-refractivity contribution is 0.464. The minimum atomic E-state index is 0.294. The van der Waals surface area contributed by atoms with E-state index in [1.165, 1.54) is 0 Å². The van der Waals surface area contributed by atoms with E-state index in [4.69, 9.17) is 5.73 Å². The van der Waals surface area contributed by atoms with Gasteiger partial charge in [-0.3, -0.25) is 0 Å². The van der Waals surface area contributed by atoms with Crippen LogP contribution >= 0.6 is 22.6 Å². The predicted molar refractivity (Wildman–Crippen MR) is 74.2 cm³/mol. The molecule has 0 heterocycles. The molecule has 0 aliphatic heterocycles. The van der Waals surface area contributed by atoms with Crippen molar-refractivity contribution in [2.45, 2.75) is 6.54 Å². The van der Waals surface area contributed by atoms with E-state index >= 15 is 0 Å². The Morgan fingerprint density at radius 1 is 1.06 bits per heavy atom. The molecule has 0 aliphatic rings. The molecular weight excluding hydrogens is 313 g/mol. The van der Waals surface area contributed by atoms with Gasteiger partial charge in [-0.15, -0.1) is 0 Å². The molecule has 0 aliphatic carbocycles. The fourth-order valence-corrected chi connectivity index (χ4v) is 2.29. The molecule has 2 aromatic rings. The first-order valence-corrected chi connectivity index (χ1v) is 6.07. The number of phenolic OH excluding ortho intramolecular Hbond substituents is 1. The van der Waals surface area contributed by atoms with Crippen LogP contribution in [0.5, 0.6) is 5.75 Å². The second-order valence-electron chi connectivity index (χ2n) is 3.54. The Morgan fingerprint density at radius 2 is 1.75 bits per heavy atom. The summed E-state index contributed by atoms with van der Waals surface area (Å²) in [5.41, 5.74) is 8.61. The molecule has 0 radical (unpaired) electrons. The summed E-state index contributed by atoms with van der Waals surface area (Å²) in [4.78, 5) is 0. The molecule has 2 aromatic carbocycles. The molecule has 0 atom stereocenters. The van der Waals surface area contributed by atoms with Crippen molar-refractivity contribution in [1.82, 2.24) is 0 Å². The molecule has 0 amide bonds. The highest BCUT2D eigenvalue weighted by Crippen LogP contribution is 2.30. The monoisotopic (exact) mass is 325 g/mol. The lowest BCUT2D eigenvalue weighted by Crippen LogP contribution is -1.98. The summed E-state index contributed by atoms with van der Waals surface area (Å²) in [7, 11) is 0. The van der Waals surface area contributed by atoms with E-state index in [0.29, 0.717) is 12.3 Å². The van der Waals surface area contributed by atoms with E-state index in [9.17, 15) is 5.11 Å². The number of nitrogens with two attached hydrogens (primary N) is 1. The van der Waals surface area contributed by atoms with Gasteiger partial charge in [-0.05, 0) is 45.9 Å². The van der Waals surface area contributed by atoms with Gasteiger partial charge in [-0.2, -0.15) is 0 Å². The fourth-order valence-electron chi connectivity index (χ4n) is 1.61. The van der Waals surface area contributed by atoms with Crippen LogP contribution in [0.4, 0.5) is 0 Å². The minimum Gasteiger partial charge on any atom is -0.507 e. The molecular formula is C13H12INO. The number of aromatic hydroxyl groups is 1. The van der Waals surface area contributed by atoms with Gasteiger partial charge in [-0.1, -0.05) is 30.3 Å². The van der Waals surface area contributed by atoms with E-state index < -0.39 is 0 Å². The lowest BCUT2D eigenvalue weighted by atomic mass is 10.0. The van der Waals surface area contributed by atoms with Crippen LogP contribution in [0, 0.1) is 3.57 Å². The van der Waals surface area contributed by atoms with Crippen LogP contribution in [-0.4, -0.2) is 5.11 Å². The quantitative estimate of drug-likeness (QED) is 0.834. The van der Waals surface area contributed by atoms with E-state index in [0.717, 1.165) is 20.3 Å². The van der Waals surface area contributed by atoms with Crippen LogP contribution in [0.3, 0.4) is 0 Å². The highest BCUT2D eigenvalue weighted by Gasteiger charge is 2.07. The summed E-state index contributed by atoms with van der Waals surface area (Å²) in [5.74, 6) is 0.294. The maximum absolute atomic E-state index is 9.78. The van der Waals surface area contributed by atoms with E-state index in [2.05, 4.69) is 22.6 Å². The summed E-state index contributed by atoms with van der Waals surface area (Å²) in [5, 5.41) is 9.78. The van der Waals surface area contributed by atoms with Crippen molar-refractivity contribution in [1.29, 1.82) is 0 Å². The zero-order valence-electron chi connectivity index (χ0n) is 8.65. The predicted octanol–water partition coefficient (Wildman–Crippen LogP) is 3.12. The summed E-state index contributed by atoms with van der Waals surface area (Å²) in [6.07, 6.45) is 0. The van der Waals surface area contributed by atoms with Crippen molar-refractivity contribution in [2.24, 2.45) is 5.73 Å². The Hall–Kier alpha value is -1.07. The number of benzene rings is 2. The molecule has 2 nitrogen and oxygen atoms in total. The van der Waals surface area contributed by atoms with Crippen LogP contribution in [0.25, 0.3) is 11.1 Å². The molecule has 0 fully saturated rings. The number of hydrogen-bond acceptors (Lipinski definition) is 2. The third kappa shape index (κ3) is 2.20. The van der Waals surface area contributed by atoms with Crippen molar-refractivity contribution in [3.63, 3.8) is 0 Å². The molecule has 0 aromatic heterocycles. The van der Waals surface area contributed by atoms with Gasteiger partial charge in [0.1, 0.15) is 5.75 Å². The maximum Gasteiger partial charge on any atom is 0.133 e. The Balaban J connectivity index is 2.55. The Kier molecular flexibility index (Phi) is 3.46. The number of phenols is 1. The van der Waals surface area contributed by atoms with Crippen LogP contribution in [0.15, 0.2) is 42.5 Å². The maximum atomic E-state index is 9.78. The van der Waals surface area contributed by atoms with Gasteiger partial charge >= 0.3 is 0 Å². The summed E-state index contributed by atoms with van der Waals surface area (Å²) >= 11 is 2.12. The van der Waals surface area contributed by atoms with E-state index in [1.54, 1.807) is 0 Å². The van der Waals surface area contributed by atoms with Gasteiger partial charge in [0.2, 0.25) is 0 Å². The largest absolute Gasteiger partial charge is 0.507 e. The minimum absolute atomic E-state index is 0.294. The molecule has 3 N–H and O–H groups in total. The van der Waals surface area contributed by atoms with Gasteiger partial charge in [0.05, 0.1) is 3.57 Å². The van der Waals surface area contributed by atoms with Crippen LogP contribution in [-0.2, 0) is 6.54 Å². The molecule has 82 valence electrons. The normalized spacial score (nSPS) is 10.4. The first-order valence-electron chi connectivity index (χ1n) is 4.99. The smallest absolute Gasteiger partial charge is 0.133 e. The van der Waals surface area contributed by atoms with Crippen molar-refractivity contribution in [2.75, 3.05) is 0 Å². The lowest BCUT2D eigenvalue weighted by Gasteiger charge is -2.08. The molecule has 16 heavy (non-hydrogen) atoms. The molecule has 2 rings (SSSR count). The van der Waals surface area contributed by atoms with Gasteiger partial charge in [-0.25, -0.2) is 0 Å². The summed E-state index contributed by atoms with van der Waals surface area (Å²) < 4.78 is 0.833. The molecule has 0 spiro atoms. The molecule has 0 unspecified atom stereocenters. The number of halogens is 1. The summed E-state index contributed by atoms with van der Waals surface area (Å²) in [6.45, 7) is 0.350. The van der Waals surface area contributed by atoms with Gasteiger partial charge in [0.15, 0.2) is 0 Å².